The molecule has 5 atom stereocenters. The van der Waals surface area contributed by atoms with Gasteiger partial charge in [0.25, 0.3) is 0 Å². The van der Waals surface area contributed by atoms with Crippen LogP contribution in [-0.4, -0.2) is 31.2 Å². The fraction of sp³-hybridized carbons (Fsp3) is 1.00. The van der Waals surface area contributed by atoms with E-state index in [9.17, 15) is 0 Å². The van der Waals surface area contributed by atoms with Crippen LogP contribution in [-0.2, 0) is 9.47 Å². The Morgan fingerprint density at radius 1 is 1.50 bits per heavy atom. The summed E-state index contributed by atoms with van der Waals surface area (Å²) in [5.41, 5.74) is 0.186. The van der Waals surface area contributed by atoms with Gasteiger partial charge in [-0.25, -0.2) is 0 Å². The molecule has 0 aromatic rings. The van der Waals surface area contributed by atoms with Gasteiger partial charge in [-0.15, -0.1) is 0 Å². The smallest absolute Gasteiger partial charge is 0.112 e. The van der Waals surface area contributed by atoms with Crippen molar-refractivity contribution in [2.24, 2.45) is 5.92 Å². The molecule has 2 radical (unpaired) electrons. The molecule has 2 nitrogen and oxygen atoms in total. The zero-order valence-electron chi connectivity index (χ0n) is 7.54. The molecule has 1 aliphatic carbocycles. The SMILES string of the molecule is [B]C1OC2(CC)CC3(C)OC1C32. The molecule has 64 valence electrons. The van der Waals surface area contributed by atoms with Gasteiger partial charge in [-0.05, 0) is 13.3 Å². The molecule has 0 spiro atoms. The molecule has 3 fully saturated rings. The van der Waals surface area contributed by atoms with Gasteiger partial charge in [-0.2, -0.15) is 0 Å². The summed E-state index contributed by atoms with van der Waals surface area (Å²) in [4.78, 5) is 0. The van der Waals surface area contributed by atoms with Crippen LogP contribution in [0, 0.1) is 5.92 Å². The third-order valence-electron chi connectivity index (χ3n) is 3.90. The lowest BCUT2D eigenvalue weighted by molar-refractivity contribution is -0.329. The minimum atomic E-state index is -0.175. The number of hydrogen-bond donors (Lipinski definition) is 0. The van der Waals surface area contributed by atoms with Gasteiger partial charge < -0.3 is 9.47 Å². The monoisotopic (exact) mass is 164 g/mol. The second-order valence-electron chi connectivity index (χ2n) is 4.55. The normalized spacial score (nSPS) is 66.7. The van der Waals surface area contributed by atoms with Crippen molar-refractivity contribution in [3.8, 4) is 0 Å². The molecule has 12 heavy (non-hydrogen) atoms. The van der Waals surface area contributed by atoms with Gasteiger partial charge in [0, 0.05) is 18.3 Å². The van der Waals surface area contributed by atoms with Crippen molar-refractivity contribution in [3.63, 3.8) is 0 Å². The van der Waals surface area contributed by atoms with Crippen LogP contribution in [0.15, 0.2) is 0 Å². The van der Waals surface area contributed by atoms with Gasteiger partial charge in [0.1, 0.15) is 7.85 Å². The molecule has 1 saturated carbocycles. The van der Waals surface area contributed by atoms with Crippen molar-refractivity contribution < 1.29 is 9.47 Å². The molecule has 5 unspecified atom stereocenters. The zero-order valence-corrected chi connectivity index (χ0v) is 7.54. The molecule has 2 saturated heterocycles. The van der Waals surface area contributed by atoms with E-state index in [4.69, 9.17) is 17.3 Å². The summed E-state index contributed by atoms with van der Waals surface area (Å²) in [7, 11) is 5.81. The Hall–Kier alpha value is -0.0151. The Morgan fingerprint density at radius 2 is 2.25 bits per heavy atom. The van der Waals surface area contributed by atoms with Crippen molar-refractivity contribution in [2.45, 2.75) is 50.0 Å². The van der Waals surface area contributed by atoms with Crippen LogP contribution < -0.4 is 0 Å². The molecule has 2 heterocycles. The summed E-state index contributed by atoms with van der Waals surface area (Å²) >= 11 is 0. The standard InChI is InChI=1S/C9H13BO2/c1-3-9-4-8(2)6(9)5(11-8)7(10)12-9/h5-7H,3-4H2,1-2H3. The highest BCUT2D eigenvalue weighted by atomic mass is 16.6. The summed E-state index contributed by atoms with van der Waals surface area (Å²) in [6.45, 7) is 4.34. The first-order valence-electron chi connectivity index (χ1n) is 4.72. The van der Waals surface area contributed by atoms with Gasteiger partial charge in [0.05, 0.1) is 17.3 Å². The Bertz CT molecular complexity index is 241. The van der Waals surface area contributed by atoms with Crippen LogP contribution in [0.4, 0.5) is 0 Å². The third kappa shape index (κ3) is 0.530. The molecule has 3 rings (SSSR count). The summed E-state index contributed by atoms with van der Waals surface area (Å²) in [6.07, 6.45) is 2.29. The van der Waals surface area contributed by atoms with Crippen LogP contribution >= 0.6 is 0 Å². The lowest BCUT2D eigenvalue weighted by Crippen LogP contribution is -2.74. The highest BCUT2D eigenvalue weighted by molar-refractivity contribution is 6.12. The second-order valence-corrected chi connectivity index (χ2v) is 4.55. The van der Waals surface area contributed by atoms with Crippen LogP contribution in [0.5, 0.6) is 0 Å². The molecular formula is C9H13BO2. The largest absolute Gasteiger partial charge is 0.378 e. The summed E-state index contributed by atoms with van der Waals surface area (Å²) in [5, 5.41) is 0. The van der Waals surface area contributed by atoms with E-state index in [0.29, 0.717) is 5.92 Å². The third-order valence-corrected chi connectivity index (χ3v) is 3.90. The van der Waals surface area contributed by atoms with E-state index in [0.717, 1.165) is 12.8 Å². The molecule has 3 heteroatoms. The minimum absolute atomic E-state index is 0.0804. The van der Waals surface area contributed by atoms with Crippen molar-refractivity contribution in [1.82, 2.24) is 0 Å². The number of hydrogen-bond acceptors (Lipinski definition) is 2. The Morgan fingerprint density at radius 3 is 2.75 bits per heavy atom. The lowest BCUT2D eigenvalue weighted by atomic mass is 9.52. The Labute approximate surface area is 74.0 Å². The zero-order chi connectivity index (χ0) is 8.56. The second kappa shape index (κ2) is 1.75. The molecule has 0 aromatic carbocycles. The van der Waals surface area contributed by atoms with Crippen molar-refractivity contribution in [1.29, 1.82) is 0 Å². The molecule has 0 N–H and O–H groups in total. The first-order chi connectivity index (χ1) is 5.61. The molecule has 0 bridgehead atoms. The molecular weight excluding hydrogens is 151 g/mol. The highest BCUT2D eigenvalue weighted by Crippen LogP contribution is 2.67. The van der Waals surface area contributed by atoms with E-state index >= 15 is 0 Å². The quantitative estimate of drug-likeness (QED) is 0.534. The molecule has 3 aliphatic rings. The average molecular weight is 164 g/mol. The van der Waals surface area contributed by atoms with Crippen LogP contribution in [0.2, 0.25) is 0 Å². The fourth-order valence-corrected chi connectivity index (χ4v) is 3.45. The van der Waals surface area contributed by atoms with E-state index in [1.165, 1.54) is 0 Å². The van der Waals surface area contributed by atoms with Crippen molar-refractivity contribution in [3.05, 3.63) is 0 Å². The van der Waals surface area contributed by atoms with Gasteiger partial charge in [-0.3, -0.25) is 0 Å². The maximum atomic E-state index is 5.81. The average Bonchev–Trinajstić information content (AvgIpc) is 2.09. The molecule has 0 aromatic heterocycles. The van der Waals surface area contributed by atoms with Crippen molar-refractivity contribution >= 4 is 7.85 Å². The van der Waals surface area contributed by atoms with Gasteiger partial charge >= 0.3 is 0 Å². The van der Waals surface area contributed by atoms with E-state index in [1.807, 2.05) is 0 Å². The van der Waals surface area contributed by atoms with Gasteiger partial charge in [-0.1, -0.05) is 6.92 Å². The minimum Gasteiger partial charge on any atom is -0.378 e. The number of ether oxygens (including phenoxy) is 2. The predicted molar refractivity (Wildman–Crippen MR) is 45.0 cm³/mol. The number of rotatable bonds is 1. The Balaban J connectivity index is 1.94. The summed E-state index contributed by atoms with van der Waals surface area (Å²) in [5.74, 6) is 0.574. The van der Waals surface area contributed by atoms with Crippen LogP contribution in [0.3, 0.4) is 0 Å². The van der Waals surface area contributed by atoms with E-state index in [2.05, 4.69) is 13.8 Å². The molecule has 0 amide bonds. The van der Waals surface area contributed by atoms with Crippen LogP contribution in [0.25, 0.3) is 0 Å². The topological polar surface area (TPSA) is 18.5 Å². The fourth-order valence-electron chi connectivity index (χ4n) is 3.45. The molecule has 2 aliphatic heterocycles. The maximum Gasteiger partial charge on any atom is 0.112 e. The lowest BCUT2D eigenvalue weighted by Gasteiger charge is -2.65. The maximum absolute atomic E-state index is 5.81. The van der Waals surface area contributed by atoms with E-state index in [1.54, 1.807) is 0 Å². The Kier molecular flexibility index (Phi) is 1.08. The first-order valence-corrected chi connectivity index (χ1v) is 4.72. The van der Waals surface area contributed by atoms with Crippen LogP contribution in [0.1, 0.15) is 26.7 Å². The van der Waals surface area contributed by atoms with Gasteiger partial charge in [0.2, 0.25) is 0 Å². The predicted octanol–water partition coefficient (Wildman–Crippen LogP) is 0.837. The first kappa shape index (κ1) is 7.39. The van der Waals surface area contributed by atoms with E-state index < -0.39 is 0 Å². The highest BCUT2D eigenvalue weighted by Gasteiger charge is 2.77. The summed E-state index contributed by atoms with van der Waals surface area (Å²) < 4.78 is 11.5. The van der Waals surface area contributed by atoms with Gasteiger partial charge in [0.15, 0.2) is 0 Å². The van der Waals surface area contributed by atoms with E-state index in [-0.39, 0.29) is 23.3 Å². The van der Waals surface area contributed by atoms with Crippen molar-refractivity contribution in [2.75, 3.05) is 0 Å². The summed E-state index contributed by atoms with van der Waals surface area (Å²) in [6, 6.07) is -0.175.